The summed E-state index contributed by atoms with van der Waals surface area (Å²) in [5.41, 5.74) is -1.80. The first kappa shape index (κ1) is 27.2. The van der Waals surface area contributed by atoms with Crippen molar-refractivity contribution in [3.8, 4) is 0 Å². The highest BCUT2D eigenvalue weighted by Gasteiger charge is 2.37. The molecule has 1 saturated heterocycles. The van der Waals surface area contributed by atoms with Gasteiger partial charge in [-0.15, -0.1) is 0 Å². The van der Waals surface area contributed by atoms with E-state index in [9.17, 15) is 18.0 Å². The second-order valence-corrected chi connectivity index (χ2v) is 10.6. The molecule has 0 unspecified atom stereocenters. The quantitative estimate of drug-likeness (QED) is 0.385. The molecule has 194 valence electrons. The normalized spacial score (nSPS) is 16.4. The first-order chi connectivity index (χ1) is 16.4. The summed E-state index contributed by atoms with van der Waals surface area (Å²) in [4.78, 5) is 22.8. The first-order valence-corrected chi connectivity index (χ1v) is 12.3. The number of nitrogens with zero attached hydrogens (tertiary/aromatic N) is 5. The summed E-state index contributed by atoms with van der Waals surface area (Å²) in [6.45, 7) is 12.1. The lowest BCUT2D eigenvalue weighted by Crippen LogP contribution is -2.44. The van der Waals surface area contributed by atoms with Gasteiger partial charge in [0.1, 0.15) is 5.56 Å². The van der Waals surface area contributed by atoms with Crippen LogP contribution < -0.4 is 15.8 Å². The molecule has 2 N–H and O–H groups in total. The van der Waals surface area contributed by atoms with E-state index in [-0.39, 0.29) is 17.7 Å². The Kier molecular flexibility index (Phi) is 9.00. The monoisotopic (exact) mass is 515 g/mol. The van der Waals surface area contributed by atoms with E-state index in [0.717, 1.165) is 49.6 Å². The number of H-pyrrole nitrogens is 1. The fourth-order valence-electron chi connectivity index (χ4n) is 3.47. The number of rotatable bonds is 9. The van der Waals surface area contributed by atoms with E-state index in [2.05, 4.69) is 50.4 Å². The lowest BCUT2D eigenvalue weighted by Gasteiger charge is -2.34. The topological polar surface area (TPSA) is 99.3 Å². The zero-order valence-corrected chi connectivity index (χ0v) is 21.2. The number of aromatic nitrogens is 4. The van der Waals surface area contributed by atoms with Crippen LogP contribution in [0.25, 0.3) is 0 Å². The van der Waals surface area contributed by atoms with Gasteiger partial charge in [-0.25, -0.2) is 19.4 Å². The third-order valence-corrected chi connectivity index (χ3v) is 6.52. The highest BCUT2D eigenvalue weighted by atomic mass is 32.2. The molecule has 0 aromatic carbocycles. The fraction of sp³-hybridized carbons (Fsp3) is 0.636. The molecule has 0 radical (unpaired) electrons. The van der Waals surface area contributed by atoms with Crippen molar-refractivity contribution in [2.75, 3.05) is 55.4 Å². The Labute approximate surface area is 207 Å². The molecule has 1 fully saturated rings. The SMILES string of the molecule is C[C@@H](COCCSN1CCN(c2ncc(C(C)(C)C)cn2)CC1)Nc1cn[nH]c(=O)c1C(F)(F)F. The molecule has 2 aromatic heterocycles. The van der Waals surface area contributed by atoms with E-state index in [1.54, 1.807) is 18.9 Å². The molecule has 0 aliphatic carbocycles. The molecule has 0 spiro atoms. The number of alkyl halides is 3. The van der Waals surface area contributed by atoms with Gasteiger partial charge in [0.25, 0.3) is 5.56 Å². The van der Waals surface area contributed by atoms with Crippen molar-refractivity contribution in [2.45, 2.75) is 45.3 Å². The molecule has 2 aromatic rings. The van der Waals surface area contributed by atoms with Crippen LogP contribution in [0.4, 0.5) is 24.8 Å². The number of hydrogen-bond donors (Lipinski definition) is 2. The van der Waals surface area contributed by atoms with E-state index in [1.807, 2.05) is 17.5 Å². The molecule has 1 atom stereocenters. The maximum atomic E-state index is 13.1. The van der Waals surface area contributed by atoms with Gasteiger partial charge in [-0.3, -0.25) is 4.79 Å². The molecule has 1 aliphatic rings. The summed E-state index contributed by atoms with van der Waals surface area (Å²) in [5, 5.41) is 7.93. The Morgan fingerprint density at radius 1 is 1.14 bits per heavy atom. The second-order valence-electron chi connectivity index (χ2n) is 9.38. The minimum atomic E-state index is -4.78. The Hall–Kier alpha value is -2.38. The van der Waals surface area contributed by atoms with Crippen molar-refractivity contribution in [2.24, 2.45) is 0 Å². The third-order valence-electron chi connectivity index (χ3n) is 5.44. The summed E-state index contributed by atoms with van der Waals surface area (Å²) in [6.07, 6.45) is -0.0256. The van der Waals surface area contributed by atoms with Gasteiger partial charge in [0.2, 0.25) is 5.95 Å². The summed E-state index contributed by atoms with van der Waals surface area (Å²) in [7, 11) is 0. The van der Waals surface area contributed by atoms with Crippen LogP contribution in [0, 0.1) is 0 Å². The van der Waals surface area contributed by atoms with Crippen molar-refractivity contribution in [3.63, 3.8) is 0 Å². The second kappa shape index (κ2) is 11.6. The van der Waals surface area contributed by atoms with Crippen molar-refractivity contribution in [3.05, 3.63) is 40.1 Å². The van der Waals surface area contributed by atoms with Gasteiger partial charge in [0, 0.05) is 50.4 Å². The molecule has 3 heterocycles. The highest BCUT2D eigenvalue weighted by Crippen LogP contribution is 2.31. The standard InChI is InChI=1S/C22H32F3N7O2S/c1-15(29-17-13-28-30-19(33)18(17)22(23,24)25)14-34-9-10-35-32-7-5-31(6-8-32)20-26-11-16(12-27-20)21(2,3)4/h11-13,15H,5-10,14H2,1-4H3,(H2,29,30,33)/t15-/m0/s1. The maximum absolute atomic E-state index is 13.1. The van der Waals surface area contributed by atoms with E-state index in [0.29, 0.717) is 6.61 Å². The predicted molar refractivity (Wildman–Crippen MR) is 131 cm³/mol. The van der Waals surface area contributed by atoms with Crippen LogP contribution in [-0.4, -0.2) is 75.7 Å². The largest absolute Gasteiger partial charge is 0.423 e. The van der Waals surface area contributed by atoms with Gasteiger partial charge < -0.3 is 15.0 Å². The van der Waals surface area contributed by atoms with Gasteiger partial charge in [-0.05, 0) is 17.9 Å². The number of anilines is 2. The van der Waals surface area contributed by atoms with Crippen LogP contribution in [0.1, 0.15) is 38.8 Å². The zero-order valence-electron chi connectivity index (χ0n) is 20.4. The van der Waals surface area contributed by atoms with Gasteiger partial charge in [0.15, 0.2) is 0 Å². The van der Waals surface area contributed by atoms with Crippen LogP contribution in [0.15, 0.2) is 23.4 Å². The van der Waals surface area contributed by atoms with E-state index in [1.165, 1.54) is 0 Å². The maximum Gasteiger partial charge on any atom is 0.423 e. The van der Waals surface area contributed by atoms with Crippen LogP contribution in [0.5, 0.6) is 0 Å². The summed E-state index contributed by atoms with van der Waals surface area (Å²) >= 11 is 1.68. The Morgan fingerprint density at radius 2 is 1.80 bits per heavy atom. The number of piperazine rings is 1. The minimum absolute atomic E-state index is 0.0216. The van der Waals surface area contributed by atoms with Crippen LogP contribution >= 0.6 is 11.9 Å². The van der Waals surface area contributed by atoms with Crippen molar-refractivity contribution in [1.29, 1.82) is 0 Å². The van der Waals surface area contributed by atoms with E-state index >= 15 is 0 Å². The predicted octanol–water partition coefficient (Wildman–Crippen LogP) is 3.16. The molecular formula is C22H32F3N7O2S. The first-order valence-electron chi connectivity index (χ1n) is 11.4. The lowest BCUT2D eigenvalue weighted by atomic mass is 9.89. The summed E-state index contributed by atoms with van der Waals surface area (Å²) < 4.78 is 47.3. The van der Waals surface area contributed by atoms with Crippen LogP contribution in [-0.2, 0) is 16.3 Å². The Morgan fingerprint density at radius 3 is 2.40 bits per heavy atom. The molecule has 35 heavy (non-hydrogen) atoms. The zero-order chi connectivity index (χ0) is 25.6. The molecule has 3 rings (SSSR count). The van der Waals surface area contributed by atoms with Crippen LogP contribution in [0.3, 0.4) is 0 Å². The van der Waals surface area contributed by atoms with E-state index < -0.39 is 23.3 Å². The molecule has 1 aliphatic heterocycles. The number of nitrogens with one attached hydrogen (secondary N) is 2. The number of ether oxygens (including phenoxy) is 1. The number of hydrogen-bond acceptors (Lipinski definition) is 9. The van der Waals surface area contributed by atoms with E-state index in [4.69, 9.17) is 4.74 Å². The Balaban J connectivity index is 1.35. The molecule has 0 saturated carbocycles. The van der Waals surface area contributed by atoms with Crippen molar-refractivity contribution < 1.29 is 17.9 Å². The smallest absolute Gasteiger partial charge is 0.378 e. The third kappa shape index (κ3) is 7.80. The number of halogens is 3. The fourth-order valence-corrected chi connectivity index (χ4v) is 4.34. The lowest BCUT2D eigenvalue weighted by molar-refractivity contribution is -0.138. The molecular weight excluding hydrogens is 483 g/mol. The number of aromatic amines is 1. The Bertz CT molecular complexity index is 1000. The van der Waals surface area contributed by atoms with Crippen molar-refractivity contribution >= 4 is 23.6 Å². The summed E-state index contributed by atoms with van der Waals surface area (Å²) in [5.74, 6) is 1.47. The molecule has 13 heteroatoms. The average Bonchev–Trinajstić information content (AvgIpc) is 2.78. The van der Waals surface area contributed by atoms with Gasteiger partial charge in [0.05, 0.1) is 25.1 Å². The molecule has 0 amide bonds. The summed E-state index contributed by atoms with van der Waals surface area (Å²) in [6, 6.07) is -0.432. The highest BCUT2D eigenvalue weighted by molar-refractivity contribution is 7.97. The van der Waals surface area contributed by atoms with Gasteiger partial charge in [-0.2, -0.15) is 18.3 Å². The van der Waals surface area contributed by atoms with Gasteiger partial charge >= 0.3 is 6.18 Å². The van der Waals surface area contributed by atoms with Crippen LogP contribution in [0.2, 0.25) is 0 Å². The molecule has 9 nitrogen and oxygen atoms in total. The van der Waals surface area contributed by atoms with Crippen molar-refractivity contribution in [1.82, 2.24) is 24.5 Å². The molecule has 0 bridgehead atoms. The minimum Gasteiger partial charge on any atom is -0.378 e. The average molecular weight is 516 g/mol. The van der Waals surface area contributed by atoms with Gasteiger partial charge in [-0.1, -0.05) is 32.7 Å².